The number of nitrogens with two attached hydrogens (primary N) is 1. The highest BCUT2D eigenvalue weighted by Crippen LogP contribution is 2.20. The van der Waals surface area contributed by atoms with Crippen molar-refractivity contribution in [2.45, 2.75) is 52.1 Å². The lowest BCUT2D eigenvalue weighted by Gasteiger charge is -2.37. The van der Waals surface area contributed by atoms with Crippen LogP contribution in [0.4, 0.5) is 0 Å². The standard InChI is InChI=1S/C20H31N3O2.ClH/c1-14(2)19(22-18(24)12-16-8-5-4-6-9-16)20(25)23-11-7-10-17(13-23)15(3)21;/h4-6,8-9,14-15,17,19H,7,10-13,21H2,1-3H3,(H,22,24);1H. The number of nitrogens with zero attached hydrogens (tertiary/aromatic N) is 1. The molecule has 1 saturated heterocycles. The number of hydrogen-bond donors (Lipinski definition) is 2. The molecule has 2 amide bonds. The van der Waals surface area contributed by atoms with Crippen LogP contribution in [0.5, 0.6) is 0 Å². The Labute approximate surface area is 163 Å². The Hall–Kier alpha value is -1.59. The van der Waals surface area contributed by atoms with Crippen molar-refractivity contribution in [3.05, 3.63) is 35.9 Å². The van der Waals surface area contributed by atoms with Crippen molar-refractivity contribution in [2.24, 2.45) is 17.6 Å². The molecule has 26 heavy (non-hydrogen) atoms. The third-order valence-electron chi connectivity index (χ3n) is 4.97. The average molecular weight is 382 g/mol. The van der Waals surface area contributed by atoms with E-state index in [4.69, 9.17) is 5.73 Å². The molecule has 1 heterocycles. The zero-order valence-corrected chi connectivity index (χ0v) is 16.8. The summed E-state index contributed by atoms with van der Waals surface area (Å²) in [5.74, 6) is 0.286. The zero-order valence-electron chi connectivity index (χ0n) is 16.0. The van der Waals surface area contributed by atoms with Crippen molar-refractivity contribution in [3.63, 3.8) is 0 Å². The van der Waals surface area contributed by atoms with E-state index in [-0.39, 0.29) is 36.2 Å². The maximum atomic E-state index is 13.0. The van der Waals surface area contributed by atoms with Crippen molar-refractivity contribution in [3.8, 4) is 0 Å². The molecule has 2 rings (SSSR count). The average Bonchev–Trinajstić information content (AvgIpc) is 2.60. The zero-order chi connectivity index (χ0) is 18.4. The number of carbonyl (C=O) groups excluding carboxylic acids is 2. The van der Waals surface area contributed by atoms with Gasteiger partial charge in [0.2, 0.25) is 11.8 Å². The van der Waals surface area contributed by atoms with Crippen LogP contribution in [0, 0.1) is 11.8 Å². The minimum Gasteiger partial charge on any atom is -0.344 e. The van der Waals surface area contributed by atoms with E-state index in [1.807, 2.05) is 56.0 Å². The summed E-state index contributed by atoms with van der Waals surface area (Å²) in [6.07, 6.45) is 2.33. The first-order valence-corrected chi connectivity index (χ1v) is 9.26. The molecule has 0 aliphatic carbocycles. The highest BCUT2D eigenvalue weighted by atomic mass is 35.5. The summed E-state index contributed by atoms with van der Waals surface area (Å²) < 4.78 is 0. The quantitative estimate of drug-likeness (QED) is 0.794. The first kappa shape index (κ1) is 22.5. The molecule has 0 spiro atoms. The monoisotopic (exact) mass is 381 g/mol. The molecule has 0 bridgehead atoms. The van der Waals surface area contributed by atoms with Crippen molar-refractivity contribution >= 4 is 24.2 Å². The number of likely N-dealkylation sites (tertiary alicyclic amines) is 1. The summed E-state index contributed by atoms with van der Waals surface area (Å²) >= 11 is 0. The maximum absolute atomic E-state index is 13.0. The summed E-state index contributed by atoms with van der Waals surface area (Å²) in [7, 11) is 0. The van der Waals surface area contributed by atoms with Gasteiger partial charge in [0.15, 0.2) is 0 Å². The lowest BCUT2D eigenvalue weighted by Crippen LogP contribution is -2.54. The molecule has 5 nitrogen and oxygen atoms in total. The van der Waals surface area contributed by atoms with Crippen molar-refractivity contribution in [1.82, 2.24) is 10.2 Å². The van der Waals surface area contributed by atoms with Crippen LogP contribution in [0.1, 0.15) is 39.2 Å². The highest BCUT2D eigenvalue weighted by Gasteiger charge is 2.32. The molecule has 146 valence electrons. The molecular weight excluding hydrogens is 350 g/mol. The van der Waals surface area contributed by atoms with E-state index < -0.39 is 6.04 Å². The number of halogens is 1. The maximum Gasteiger partial charge on any atom is 0.245 e. The topological polar surface area (TPSA) is 75.4 Å². The Morgan fingerprint density at radius 1 is 1.23 bits per heavy atom. The predicted molar refractivity (Wildman–Crippen MR) is 107 cm³/mol. The van der Waals surface area contributed by atoms with Gasteiger partial charge >= 0.3 is 0 Å². The number of rotatable bonds is 6. The second-order valence-electron chi connectivity index (χ2n) is 7.50. The third-order valence-corrected chi connectivity index (χ3v) is 4.97. The molecule has 1 aromatic carbocycles. The molecule has 1 aliphatic rings. The van der Waals surface area contributed by atoms with E-state index >= 15 is 0 Å². The molecule has 0 saturated carbocycles. The molecule has 3 atom stereocenters. The van der Waals surface area contributed by atoms with E-state index in [1.165, 1.54) is 0 Å². The van der Waals surface area contributed by atoms with Crippen LogP contribution in [0.3, 0.4) is 0 Å². The van der Waals surface area contributed by atoms with Gasteiger partial charge in [0.1, 0.15) is 6.04 Å². The summed E-state index contributed by atoms with van der Waals surface area (Å²) in [6, 6.07) is 9.19. The van der Waals surface area contributed by atoms with Crippen molar-refractivity contribution in [2.75, 3.05) is 13.1 Å². The van der Waals surface area contributed by atoms with E-state index in [9.17, 15) is 9.59 Å². The summed E-state index contributed by atoms with van der Waals surface area (Å²) in [5, 5.41) is 2.94. The molecular formula is C20H32ClN3O2. The first-order valence-electron chi connectivity index (χ1n) is 9.26. The van der Waals surface area contributed by atoms with Crippen LogP contribution in [-0.4, -0.2) is 41.9 Å². The van der Waals surface area contributed by atoms with Gasteiger partial charge in [0, 0.05) is 19.1 Å². The van der Waals surface area contributed by atoms with E-state index in [2.05, 4.69) is 5.32 Å². The van der Waals surface area contributed by atoms with E-state index in [1.54, 1.807) is 0 Å². The van der Waals surface area contributed by atoms with Crippen LogP contribution in [0.2, 0.25) is 0 Å². The number of carbonyl (C=O) groups is 2. The number of nitrogens with one attached hydrogen (secondary N) is 1. The molecule has 0 aromatic heterocycles. The highest BCUT2D eigenvalue weighted by molar-refractivity contribution is 5.88. The van der Waals surface area contributed by atoms with Gasteiger partial charge < -0.3 is 16.0 Å². The predicted octanol–water partition coefficient (Wildman–Crippen LogP) is 2.38. The van der Waals surface area contributed by atoms with Crippen LogP contribution in [0.15, 0.2) is 30.3 Å². The third kappa shape index (κ3) is 6.29. The van der Waals surface area contributed by atoms with Gasteiger partial charge in [0.05, 0.1) is 6.42 Å². The lowest BCUT2D eigenvalue weighted by atomic mass is 9.91. The lowest BCUT2D eigenvalue weighted by molar-refractivity contribution is -0.139. The minimum atomic E-state index is -0.483. The molecule has 1 aromatic rings. The first-order chi connectivity index (χ1) is 11.9. The molecule has 1 fully saturated rings. The van der Waals surface area contributed by atoms with Gasteiger partial charge in [-0.05, 0) is 37.2 Å². The fraction of sp³-hybridized carbons (Fsp3) is 0.600. The molecule has 6 heteroatoms. The van der Waals surface area contributed by atoms with Crippen molar-refractivity contribution in [1.29, 1.82) is 0 Å². The second kappa shape index (κ2) is 10.5. The van der Waals surface area contributed by atoms with Crippen molar-refractivity contribution < 1.29 is 9.59 Å². The Morgan fingerprint density at radius 2 is 1.88 bits per heavy atom. The number of benzene rings is 1. The normalized spacial score (nSPS) is 19.4. The van der Waals surface area contributed by atoms with Crippen LogP contribution < -0.4 is 11.1 Å². The number of hydrogen-bond acceptors (Lipinski definition) is 3. The fourth-order valence-corrected chi connectivity index (χ4v) is 3.36. The molecule has 3 unspecified atom stereocenters. The summed E-state index contributed by atoms with van der Waals surface area (Å²) in [4.78, 5) is 27.2. The van der Waals surface area contributed by atoms with Gasteiger partial charge in [-0.1, -0.05) is 44.2 Å². The smallest absolute Gasteiger partial charge is 0.245 e. The Balaban J connectivity index is 0.00000338. The number of piperidine rings is 1. The fourth-order valence-electron chi connectivity index (χ4n) is 3.36. The van der Waals surface area contributed by atoms with Crippen LogP contribution in [0.25, 0.3) is 0 Å². The Kier molecular flexibility index (Phi) is 9.09. The number of amides is 2. The SMILES string of the molecule is CC(C)C(NC(=O)Cc1ccccc1)C(=O)N1CCCC(C(C)N)C1.Cl. The van der Waals surface area contributed by atoms with E-state index in [0.29, 0.717) is 18.9 Å². The van der Waals surface area contributed by atoms with Gasteiger partial charge in [-0.25, -0.2) is 0 Å². The summed E-state index contributed by atoms with van der Waals surface area (Å²) in [5.41, 5.74) is 6.97. The van der Waals surface area contributed by atoms with Crippen LogP contribution in [-0.2, 0) is 16.0 Å². The Bertz CT molecular complexity index is 578. The molecule has 3 N–H and O–H groups in total. The van der Waals surface area contributed by atoms with Gasteiger partial charge in [-0.2, -0.15) is 0 Å². The van der Waals surface area contributed by atoms with Crippen LogP contribution >= 0.6 is 12.4 Å². The summed E-state index contributed by atoms with van der Waals surface area (Å²) in [6.45, 7) is 7.38. The van der Waals surface area contributed by atoms with E-state index in [0.717, 1.165) is 24.9 Å². The van der Waals surface area contributed by atoms with Gasteiger partial charge in [0.25, 0.3) is 0 Å². The van der Waals surface area contributed by atoms with Gasteiger partial charge in [-0.3, -0.25) is 9.59 Å². The largest absolute Gasteiger partial charge is 0.344 e. The van der Waals surface area contributed by atoms with Gasteiger partial charge in [-0.15, -0.1) is 12.4 Å². The molecule has 0 radical (unpaired) electrons. The second-order valence-corrected chi connectivity index (χ2v) is 7.50. The Morgan fingerprint density at radius 3 is 2.46 bits per heavy atom. The minimum absolute atomic E-state index is 0. The molecule has 1 aliphatic heterocycles.